The third-order valence-electron chi connectivity index (χ3n) is 4.08. The summed E-state index contributed by atoms with van der Waals surface area (Å²) in [4.78, 5) is 22.3. The fourth-order valence-corrected chi connectivity index (χ4v) is 2.58. The second-order valence-electron chi connectivity index (χ2n) is 7.02. The lowest BCUT2D eigenvalue weighted by Crippen LogP contribution is -2.22. The third kappa shape index (κ3) is 4.72. The minimum Gasteiger partial charge on any atom is -0.475 e. The highest BCUT2D eigenvalue weighted by atomic mass is 19.1. The molecule has 0 spiro atoms. The van der Waals surface area contributed by atoms with Gasteiger partial charge in [0.2, 0.25) is 11.8 Å². The quantitative estimate of drug-likeness (QED) is 0.542. The number of rotatable bonds is 7. The molecule has 0 aliphatic carbocycles. The van der Waals surface area contributed by atoms with Gasteiger partial charge in [-0.1, -0.05) is 0 Å². The smallest absolute Gasteiger partial charge is 0.250 e. The molecule has 0 saturated heterocycles. The normalized spacial score (nSPS) is 12.0. The van der Waals surface area contributed by atoms with E-state index in [1.807, 2.05) is 6.07 Å². The van der Waals surface area contributed by atoms with E-state index >= 15 is 0 Å². The second kappa shape index (κ2) is 7.77. The van der Waals surface area contributed by atoms with Crippen molar-refractivity contribution in [3.05, 3.63) is 48.2 Å². The highest BCUT2D eigenvalue weighted by Gasteiger charge is 2.14. The Bertz CT molecular complexity index is 1040. The average molecular weight is 384 g/mol. The number of nitrogens with zero attached hydrogens (tertiary/aromatic N) is 2. The molecule has 1 amide bonds. The lowest BCUT2D eigenvalue weighted by atomic mass is 10.1. The number of carbonyl (C=O) groups excluding carboxylic acids is 1. The Morgan fingerprint density at radius 2 is 2.04 bits per heavy atom. The monoisotopic (exact) mass is 384 g/mol. The van der Waals surface area contributed by atoms with Crippen LogP contribution in [0.2, 0.25) is 0 Å². The Kier molecular flexibility index (Phi) is 5.41. The number of aromatic amines is 1. The van der Waals surface area contributed by atoms with Gasteiger partial charge in [0.05, 0.1) is 12.2 Å². The van der Waals surface area contributed by atoms with Gasteiger partial charge >= 0.3 is 0 Å². The maximum absolute atomic E-state index is 14.4. The van der Waals surface area contributed by atoms with Gasteiger partial charge < -0.3 is 20.6 Å². The van der Waals surface area contributed by atoms with E-state index in [0.29, 0.717) is 23.2 Å². The highest BCUT2D eigenvalue weighted by molar-refractivity contribution is 5.95. The van der Waals surface area contributed by atoms with Crippen LogP contribution in [-0.2, 0) is 4.79 Å². The fraction of sp³-hybridized carbons (Fsp3) is 0.250. The van der Waals surface area contributed by atoms with Crippen molar-refractivity contribution < 1.29 is 19.0 Å². The predicted octanol–water partition coefficient (Wildman–Crippen LogP) is 2.80. The van der Waals surface area contributed by atoms with Gasteiger partial charge in [-0.2, -0.15) is 0 Å². The van der Waals surface area contributed by atoms with Crippen molar-refractivity contribution in [3.8, 4) is 17.0 Å². The Balaban J connectivity index is 1.85. The van der Waals surface area contributed by atoms with E-state index in [1.54, 1.807) is 32.3 Å². The number of fused-ring (bicyclic) bond motifs is 1. The van der Waals surface area contributed by atoms with Crippen LogP contribution < -0.4 is 10.5 Å². The van der Waals surface area contributed by atoms with Crippen molar-refractivity contribution in [1.82, 2.24) is 15.0 Å². The maximum atomic E-state index is 14.4. The van der Waals surface area contributed by atoms with Gasteiger partial charge in [0.15, 0.2) is 5.82 Å². The molecule has 0 unspecified atom stereocenters. The van der Waals surface area contributed by atoms with E-state index in [2.05, 4.69) is 15.0 Å². The summed E-state index contributed by atoms with van der Waals surface area (Å²) >= 11 is 0. The molecule has 3 rings (SSSR count). The largest absolute Gasteiger partial charge is 0.475 e. The summed E-state index contributed by atoms with van der Waals surface area (Å²) in [6.07, 6.45) is 8.01. The number of carbonyl (C=O) groups is 1. The second-order valence-corrected chi connectivity index (χ2v) is 7.02. The van der Waals surface area contributed by atoms with Crippen LogP contribution in [0.1, 0.15) is 25.8 Å². The first-order chi connectivity index (χ1) is 13.2. The van der Waals surface area contributed by atoms with Crippen molar-refractivity contribution in [2.45, 2.75) is 25.9 Å². The summed E-state index contributed by atoms with van der Waals surface area (Å²) in [5.74, 6) is -1.27. The number of nitrogens with two attached hydrogens (primary N) is 1. The number of halogens is 1. The number of H-pyrrole nitrogens is 1. The molecule has 0 aliphatic heterocycles. The standard InChI is InChI=1S/C20H21FN4O3/c1-20(2,27)5-6-28-19-16(21)8-14(11-25-19)13-7-15-12(3-4-17(22)26)9-23-18(15)24-10-13/h3-4,7-11,27H,5-6H2,1-2H3,(H2,22,26)(H,23,24)/b4-3+. The van der Waals surface area contributed by atoms with E-state index in [4.69, 9.17) is 10.5 Å². The van der Waals surface area contributed by atoms with Crippen LogP contribution in [0, 0.1) is 5.82 Å². The molecule has 0 bridgehead atoms. The first-order valence-electron chi connectivity index (χ1n) is 8.69. The molecule has 28 heavy (non-hydrogen) atoms. The summed E-state index contributed by atoms with van der Waals surface area (Å²) in [6, 6.07) is 3.14. The fourth-order valence-electron chi connectivity index (χ4n) is 2.58. The molecule has 4 N–H and O–H groups in total. The molecular formula is C20H21FN4O3. The van der Waals surface area contributed by atoms with Crippen molar-refractivity contribution in [2.24, 2.45) is 5.73 Å². The average Bonchev–Trinajstić information content (AvgIpc) is 3.02. The topological polar surface area (TPSA) is 114 Å². The van der Waals surface area contributed by atoms with Crippen LogP contribution >= 0.6 is 0 Å². The van der Waals surface area contributed by atoms with E-state index in [9.17, 15) is 14.3 Å². The zero-order chi connectivity index (χ0) is 20.3. The van der Waals surface area contributed by atoms with Crippen LogP contribution in [0.3, 0.4) is 0 Å². The Morgan fingerprint density at radius 1 is 1.32 bits per heavy atom. The molecule has 0 aromatic carbocycles. The Labute approximate surface area is 161 Å². The number of nitrogens with one attached hydrogen (secondary N) is 1. The number of ether oxygens (including phenoxy) is 1. The molecule has 3 heterocycles. The number of primary amides is 1. The van der Waals surface area contributed by atoms with Gasteiger partial charge in [0.25, 0.3) is 0 Å². The first-order valence-corrected chi connectivity index (χ1v) is 8.69. The van der Waals surface area contributed by atoms with Crippen LogP contribution in [-0.4, -0.2) is 38.2 Å². The van der Waals surface area contributed by atoms with Crippen LogP contribution in [0.5, 0.6) is 5.88 Å². The molecule has 0 fully saturated rings. The molecule has 3 aromatic rings. The number of hydrogen-bond donors (Lipinski definition) is 3. The summed E-state index contributed by atoms with van der Waals surface area (Å²) in [5, 5.41) is 10.4. The van der Waals surface area contributed by atoms with Gasteiger partial charge in [-0.3, -0.25) is 4.79 Å². The van der Waals surface area contributed by atoms with Gasteiger partial charge in [0, 0.05) is 53.2 Å². The SMILES string of the molecule is CC(C)(O)CCOc1ncc(-c2cnc3[nH]cc(/C=C/C(N)=O)c3c2)cc1F. The zero-order valence-electron chi connectivity index (χ0n) is 15.6. The molecule has 146 valence electrons. The number of amides is 1. The van der Waals surface area contributed by atoms with Gasteiger partial charge in [-0.05, 0) is 32.1 Å². The van der Waals surface area contributed by atoms with Crippen LogP contribution in [0.15, 0.2) is 36.8 Å². The zero-order valence-corrected chi connectivity index (χ0v) is 15.6. The predicted molar refractivity (Wildman–Crippen MR) is 104 cm³/mol. The summed E-state index contributed by atoms with van der Waals surface area (Å²) in [7, 11) is 0. The van der Waals surface area contributed by atoms with Crippen LogP contribution in [0.25, 0.3) is 28.2 Å². The molecule has 8 heteroatoms. The minimum atomic E-state index is -0.894. The molecule has 0 atom stereocenters. The van der Waals surface area contributed by atoms with Gasteiger partial charge in [-0.15, -0.1) is 0 Å². The van der Waals surface area contributed by atoms with Crippen molar-refractivity contribution in [2.75, 3.05) is 6.61 Å². The molecule has 3 aromatic heterocycles. The molecular weight excluding hydrogens is 363 g/mol. The van der Waals surface area contributed by atoms with E-state index in [0.717, 1.165) is 10.9 Å². The van der Waals surface area contributed by atoms with E-state index in [1.165, 1.54) is 18.3 Å². The lowest BCUT2D eigenvalue weighted by Gasteiger charge is -2.16. The Hall–Kier alpha value is -3.26. The third-order valence-corrected chi connectivity index (χ3v) is 4.08. The molecule has 0 aliphatic rings. The van der Waals surface area contributed by atoms with Gasteiger partial charge in [0.1, 0.15) is 5.65 Å². The number of aliphatic hydroxyl groups is 1. The van der Waals surface area contributed by atoms with E-state index < -0.39 is 17.3 Å². The minimum absolute atomic E-state index is 0.117. The van der Waals surface area contributed by atoms with E-state index in [-0.39, 0.29) is 12.5 Å². The number of hydrogen-bond acceptors (Lipinski definition) is 5. The maximum Gasteiger partial charge on any atom is 0.250 e. The number of pyridine rings is 2. The molecule has 7 nitrogen and oxygen atoms in total. The van der Waals surface area contributed by atoms with Crippen LogP contribution in [0.4, 0.5) is 4.39 Å². The highest BCUT2D eigenvalue weighted by Crippen LogP contribution is 2.27. The lowest BCUT2D eigenvalue weighted by molar-refractivity contribution is -0.113. The summed E-state index contributed by atoms with van der Waals surface area (Å²) in [5.41, 5.74) is 6.81. The molecule has 0 radical (unpaired) electrons. The Morgan fingerprint density at radius 3 is 2.71 bits per heavy atom. The summed E-state index contributed by atoms with van der Waals surface area (Å²) in [6.45, 7) is 3.46. The van der Waals surface area contributed by atoms with Crippen molar-refractivity contribution in [3.63, 3.8) is 0 Å². The first kappa shape index (κ1) is 19.5. The molecule has 0 saturated carbocycles. The summed E-state index contributed by atoms with van der Waals surface area (Å²) < 4.78 is 19.7. The van der Waals surface area contributed by atoms with Crippen molar-refractivity contribution in [1.29, 1.82) is 0 Å². The number of aromatic nitrogens is 3. The van der Waals surface area contributed by atoms with Crippen molar-refractivity contribution >= 4 is 23.0 Å². The van der Waals surface area contributed by atoms with Gasteiger partial charge in [-0.25, -0.2) is 14.4 Å².